The van der Waals surface area contributed by atoms with E-state index in [1.54, 1.807) is 30.0 Å². The molecule has 1 aromatic carbocycles. The van der Waals surface area contributed by atoms with Crippen LogP contribution in [0.1, 0.15) is 30.1 Å². The molecule has 1 aliphatic rings. The zero-order chi connectivity index (χ0) is 16.4. The molecule has 0 aliphatic carbocycles. The van der Waals surface area contributed by atoms with Gasteiger partial charge in [0.15, 0.2) is 0 Å². The van der Waals surface area contributed by atoms with E-state index in [4.69, 9.17) is 11.6 Å². The second-order valence-electron chi connectivity index (χ2n) is 5.79. The van der Waals surface area contributed by atoms with Gasteiger partial charge in [-0.3, -0.25) is 4.79 Å². The third kappa shape index (κ3) is 3.35. The number of piperidine rings is 1. The molecule has 3 rings (SSSR count). The first-order chi connectivity index (χ1) is 11.1. The molecule has 2 aromatic rings. The Morgan fingerprint density at radius 2 is 2.13 bits per heavy atom. The van der Waals surface area contributed by atoms with Crippen LogP contribution in [-0.2, 0) is 0 Å². The van der Waals surface area contributed by atoms with Gasteiger partial charge in [0.05, 0.1) is 22.4 Å². The van der Waals surface area contributed by atoms with Gasteiger partial charge in [0, 0.05) is 13.1 Å². The van der Waals surface area contributed by atoms with Crippen LogP contribution in [0.2, 0.25) is 5.02 Å². The number of aliphatic hydroxyl groups is 1. The van der Waals surface area contributed by atoms with Crippen LogP contribution in [0.15, 0.2) is 24.5 Å². The normalized spacial score (nSPS) is 17.3. The van der Waals surface area contributed by atoms with Crippen molar-refractivity contribution in [2.45, 2.75) is 25.9 Å². The van der Waals surface area contributed by atoms with Crippen LogP contribution in [0.5, 0.6) is 0 Å². The fourth-order valence-electron chi connectivity index (χ4n) is 2.85. The van der Waals surface area contributed by atoms with Gasteiger partial charge in [0.25, 0.3) is 5.91 Å². The van der Waals surface area contributed by atoms with Gasteiger partial charge in [-0.05, 0) is 54.3 Å². The molecule has 1 amide bonds. The molecule has 1 unspecified atom stereocenters. The first-order valence-electron chi connectivity index (χ1n) is 7.56. The Balaban J connectivity index is 1.73. The summed E-state index contributed by atoms with van der Waals surface area (Å²) < 4.78 is 1.48. The fraction of sp³-hybridized carbons (Fsp3) is 0.467. The number of likely N-dealkylation sites (tertiary alicyclic amines) is 1. The smallest absolute Gasteiger partial charge is 0.255 e. The van der Waals surface area contributed by atoms with Gasteiger partial charge in [-0.25, -0.2) is 4.68 Å². The van der Waals surface area contributed by atoms with Crippen molar-refractivity contribution < 1.29 is 9.90 Å². The van der Waals surface area contributed by atoms with Crippen molar-refractivity contribution in [3.63, 3.8) is 0 Å². The van der Waals surface area contributed by atoms with Crippen molar-refractivity contribution in [1.82, 2.24) is 25.1 Å². The molecule has 1 aromatic heterocycles. The molecule has 7 nitrogen and oxygen atoms in total. The molecule has 2 heterocycles. The number of hydrogen-bond donors (Lipinski definition) is 1. The van der Waals surface area contributed by atoms with E-state index in [1.807, 2.05) is 0 Å². The van der Waals surface area contributed by atoms with E-state index in [0.29, 0.717) is 29.4 Å². The molecule has 8 heteroatoms. The van der Waals surface area contributed by atoms with Gasteiger partial charge in [0.2, 0.25) is 0 Å². The number of benzene rings is 1. The average molecular weight is 336 g/mol. The lowest BCUT2D eigenvalue weighted by atomic mass is 9.92. The minimum atomic E-state index is -0.327. The van der Waals surface area contributed by atoms with Crippen molar-refractivity contribution in [1.29, 1.82) is 0 Å². The third-order valence-electron chi connectivity index (χ3n) is 4.31. The highest BCUT2D eigenvalue weighted by Gasteiger charge is 2.27. The monoisotopic (exact) mass is 335 g/mol. The Kier molecular flexibility index (Phi) is 4.58. The second-order valence-corrected chi connectivity index (χ2v) is 6.20. The van der Waals surface area contributed by atoms with Crippen molar-refractivity contribution in [3.05, 3.63) is 35.1 Å². The molecule has 1 aliphatic heterocycles. The summed E-state index contributed by atoms with van der Waals surface area (Å²) >= 11 is 6.27. The van der Waals surface area contributed by atoms with E-state index in [1.165, 1.54) is 11.0 Å². The maximum Gasteiger partial charge on any atom is 0.255 e. The minimum Gasteiger partial charge on any atom is -0.393 e. The SMILES string of the molecule is CC(O)C1CCN(C(=O)c2ccc(-n3cnnn3)cc2Cl)CC1. The van der Waals surface area contributed by atoms with E-state index in [9.17, 15) is 9.90 Å². The predicted molar refractivity (Wildman–Crippen MR) is 84.5 cm³/mol. The van der Waals surface area contributed by atoms with Crippen molar-refractivity contribution >= 4 is 17.5 Å². The Morgan fingerprint density at radius 1 is 1.39 bits per heavy atom. The zero-order valence-corrected chi connectivity index (χ0v) is 13.5. The first-order valence-corrected chi connectivity index (χ1v) is 7.94. The van der Waals surface area contributed by atoms with Gasteiger partial charge >= 0.3 is 0 Å². The van der Waals surface area contributed by atoms with Crippen LogP contribution in [0, 0.1) is 5.92 Å². The van der Waals surface area contributed by atoms with Gasteiger partial charge in [0.1, 0.15) is 6.33 Å². The fourth-order valence-corrected chi connectivity index (χ4v) is 3.11. The largest absolute Gasteiger partial charge is 0.393 e. The van der Waals surface area contributed by atoms with Crippen LogP contribution in [-0.4, -0.2) is 55.3 Å². The Bertz CT molecular complexity index is 681. The Morgan fingerprint density at radius 3 is 2.70 bits per heavy atom. The number of aromatic nitrogens is 4. The maximum absolute atomic E-state index is 12.6. The Hall–Kier alpha value is -1.99. The zero-order valence-electron chi connectivity index (χ0n) is 12.8. The number of aliphatic hydroxyl groups excluding tert-OH is 1. The van der Waals surface area contributed by atoms with Crippen LogP contribution >= 0.6 is 11.6 Å². The lowest BCUT2D eigenvalue weighted by Gasteiger charge is -2.33. The highest BCUT2D eigenvalue weighted by molar-refractivity contribution is 6.34. The van der Waals surface area contributed by atoms with Crippen molar-refractivity contribution in [3.8, 4) is 5.69 Å². The molecular weight excluding hydrogens is 318 g/mol. The summed E-state index contributed by atoms with van der Waals surface area (Å²) in [6.45, 7) is 3.08. The number of amides is 1. The standard InChI is InChI=1S/C15H18ClN5O2/c1-10(22)11-4-6-20(7-5-11)15(23)13-3-2-12(8-14(13)16)21-9-17-18-19-21/h2-3,8-11,22H,4-7H2,1H3. The molecule has 1 atom stereocenters. The third-order valence-corrected chi connectivity index (χ3v) is 4.62. The molecule has 1 fully saturated rings. The number of carbonyl (C=O) groups excluding carboxylic acids is 1. The highest BCUT2D eigenvalue weighted by atomic mass is 35.5. The molecular formula is C15H18ClN5O2. The Labute approximate surface area is 138 Å². The summed E-state index contributed by atoms with van der Waals surface area (Å²) in [6.07, 6.45) is 2.76. The highest BCUT2D eigenvalue weighted by Crippen LogP contribution is 2.25. The number of tetrazole rings is 1. The average Bonchev–Trinajstić information content (AvgIpc) is 3.08. The molecule has 0 bridgehead atoms. The molecule has 0 spiro atoms. The number of carbonyl (C=O) groups is 1. The summed E-state index contributed by atoms with van der Waals surface area (Å²) in [4.78, 5) is 14.4. The lowest BCUT2D eigenvalue weighted by molar-refractivity contribution is 0.0521. The van der Waals surface area contributed by atoms with E-state index in [0.717, 1.165) is 12.8 Å². The summed E-state index contributed by atoms with van der Waals surface area (Å²) in [5, 5.41) is 21.0. The molecule has 1 saturated heterocycles. The van der Waals surface area contributed by atoms with Crippen LogP contribution in [0.3, 0.4) is 0 Å². The predicted octanol–water partition coefficient (Wildman–Crippen LogP) is 1.55. The van der Waals surface area contributed by atoms with Gasteiger partial charge < -0.3 is 10.0 Å². The number of nitrogens with zero attached hydrogens (tertiary/aromatic N) is 5. The molecule has 23 heavy (non-hydrogen) atoms. The summed E-state index contributed by atoms with van der Waals surface area (Å²) in [5.74, 6) is 0.180. The lowest BCUT2D eigenvalue weighted by Crippen LogP contribution is -2.40. The topological polar surface area (TPSA) is 84.1 Å². The van der Waals surface area contributed by atoms with Gasteiger partial charge in [-0.15, -0.1) is 5.10 Å². The van der Waals surface area contributed by atoms with Crippen molar-refractivity contribution in [2.24, 2.45) is 5.92 Å². The molecule has 0 radical (unpaired) electrons. The summed E-state index contributed by atoms with van der Waals surface area (Å²) in [6, 6.07) is 5.13. The first kappa shape index (κ1) is 15.9. The summed E-state index contributed by atoms with van der Waals surface area (Å²) in [7, 11) is 0. The number of hydrogen-bond acceptors (Lipinski definition) is 5. The van der Waals surface area contributed by atoms with Crippen LogP contribution < -0.4 is 0 Å². The van der Waals surface area contributed by atoms with E-state index < -0.39 is 0 Å². The van der Waals surface area contributed by atoms with E-state index >= 15 is 0 Å². The number of rotatable bonds is 3. The van der Waals surface area contributed by atoms with Crippen molar-refractivity contribution in [2.75, 3.05) is 13.1 Å². The van der Waals surface area contributed by atoms with E-state index in [-0.39, 0.29) is 17.9 Å². The second kappa shape index (κ2) is 6.64. The molecule has 1 N–H and O–H groups in total. The van der Waals surface area contributed by atoms with Gasteiger partial charge in [-0.2, -0.15) is 0 Å². The maximum atomic E-state index is 12.6. The van der Waals surface area contributed by atoms with Crippen LogP contribution in [0.25, 0.3) is 5.69 Å². The quantitative estimate of drug-likeness (QED) is 0.920. The summed E-state index contributed by atoms with van der Waals surface area (Å²) in [5.41, 5.74) is 1.17. The van der Waals surface area contributed by atoms with Gasteiger partial charge in [-0.1, -0.05) is 11.6 Å². The van der Waals surface area contributed by atoms with Crippen LogP contribution in [0.4, 0.5) is 0 Å². The number of halogens is 1. The molecule has 0 saturated carbocycles. The molecule has 122 valence electrons. The minimum absolute atomic E-state index is 0.0812. The van der Waals surface area contributed by atoms with E-state index in [2.05, 4.69) is 15.5 Å².